The molecule has 0 N–H and O–H groups in total. The van der Waals surface area contributed by atoms with Crippen molar-refractivity contribution in [2.24, 2.45) is 0 Å². The second kappa shape index (κ2) is 5.63. The Hall–Kier alpha value is -0.980. The molecule has 1 aromatic rings. The predicted octanol–water partition coefficient (Wildman–Crippen LogP) is 1.44. The second-order valence-electron chi connectivity index (χ2n) is 3.22. The third-order valence-corrected chi connectivity index (χ3v) is 1.52. The molecule has 0 bridgehead atoms. The third-order valence-electron chi connectivity index (χ3n) is 1.52. The Bertz CT molecular complexity index is 239. The molecule has 13 heavy (non-hydrogen) atoms. The molecule has 0 amide bonds. The molecule has 1 nitrogen and oxygen atoms in total. The summed E-state index contributed by atoms with van der Waals surface area (Å²) < 4.78 is 0. The first-order valence-electron chi connectivity index (χ1n) is 4.02. The van der Waals surface area contributed by atoms with Gasteiger partial charge in [0.2, 0.25) is 0 Å². The molecule has 0 aliphatic rings. The van der Waals surface area contributed by atoms with Crippen LogP contribution in [0.5, 0.6) is 0 Å². The summed E-state index contributed by atoms with van der Waals surface area (Å²) in [7, 11) is 10.0. The van der Waals surface area contributed by atoms with Crippen molar-refractivity contribution < 1.29 is 4.79 Å². The maximum absolute atomic E-state index is 8.58. The van der Waals surface area contributed by atoms with Crippen LogP contribution in [0, 0.1) is 0 Å². The fraction of sp³-hybridized carbons (Fsp3) is 0.300. The third kappa shape index (κ3) is 5.29. The van der Waals surface area contributed by atoms with E-state index in [9.17, 15) is 0 Å². The Kier molecular flexibility index (Phi) is 5.20. The molecule has 0 atom stereocenters. The molecule has 0 aliphatic heterocycles. The number of carbonyl (C=O) groups excluding carboxylic acids is 1. The summed E-state index contributed by atoms with van der Waals surface area (Å²) in [6, 6.07) is 10.1. The summed E-state index contributed by atoms with van der Waals surface area (Å²) in [5.74, 6) is 0. The minimum atomic E-state index is -0.207. The van der Waals surface area contributed by atoms with Crippen LogP contribution < -0.4 is 0 Å². The molecular weight excluding hydrogens is 158 g/mol. The number of hydrogen-bond acceptors (Lipinski definition) is 1. The summed E-state index contributed by atoms with van der Waals surface area (Å²) in [5.41, 5.74) is 1.18. The molecule has 0 fully saturated rings. The van der Waals surface area contributed by atoms with E-state index in [1.165, 1.54) is 5.56 Å². The fourth-order valence-electron chi connectivity index (χ4n) is 0.868. The Morgan fingerprint density at radius 1 is 1.23 bits per heavy atom. The molecule has 4 radical (unpaired) electrons. The largest absolute Gasteiger partial charge is 0.316 e. The minimum Gasteiger partial charge on any atom is -0.316 e. The first-order chi connectivity index (χ1) is 6.02. The average molecular weight is 170 g/mol. The zero-order valence-electron chi connectivity index (χ0n) is 8.03. The van der Waals surface area contributed by atoms with Gasteiger partial charge < -0.3 is 4.79 Å². The van der Waals surface area contributed by atoms with Crippen LogP contribution in [-0.2, 0) is 10.1 Å². The van der Waals surface area contributed by atoms with Gasteiger partial charge in [0.25, 0.3) is 0 Å². The SMILES string of the molecule is [B]C(C)(C)c1ccccc1.[B]C=O. The van der Waals surface area contributed by atoms with Crippen molar-refractivity contribution in [3.8, 4) is 0 Å². The number of rotatable bonds is 1. The smallest absolute Gasteiger partial charge is 0.162 e. The van der Waals surface area contributed by atoms with Gasteiger partial charge in [0.1, 0.15) is 0 Å². The van der Waals surface area contributed by atoms with E-state index in [0.717, 1.165) is 0 Å². The molecule has 3 heteroatoms. The first kappa shape index (κ1) is 12.0. The lowest BCUT2D eigenvalue weighted by molar-refractivity contribution is 0.569. The maximum atomic E-state index is 8.58. The van der Waals surface area contributed by atoms with Crippen molar-refractivity contribution in [1.29, 1.82) is 0 Å². The van der Waals surface area contributed by atoms with Gasteiger partial charge in [-0.2, -0.15) is 0 Å². The van der Waals surface area contributed by atoms with Crippen molar-refractivity contribution in [2.45, 2.75) is 19.2 Å². The molecule has 1 aromatic carbocycles. The molecule has 1 rings (SSSR count). The monoisotopic (exact) mass is 170 g/mol. The van der Waals surface area contributed by atoms with E-state index in [1.54, 1.807) is 0 Å². The van der Waals surface area contributed by atoms with Gasteiger partial charge in [-0.05, 0) is 5.31 Å². The molecule has 0 saturated carbocycles. The summed E-state index contributed by atoms with van der Waals surface area (Å²) in [6.07, 6.45) is 0.250. The van der Waals surface area contributed by atoms with Crippen LogP contribution in [0.4, 0.5) is 0 Å². The second-order valence-corrected chi connectivity index (χ2v) is 3.22. The summed E-state index contributed by atoms with van der Waals surface area (Å²) in [6.45, 7) is 4.00. The van der Waals surface area contributed by atoms with Crippen LogP contribution >= 0.6 is 0 Å². The van der Waals surface area contributed by atoms with Gasteiger partial charge in [-0.3, -0.25) is 0 Å². The highest BCUT2D eigenvalue weighted by Gasteiger charge is 2.10. The maximum Gasteiger partial charge on any atom is 0.162 e. The molecule has 0 aliphatic carbocycles. The molecule has 0 heterocycles. The van der Waals surface area contributed by atoms with Crippen molar-refractivity contribution >= 4 is 21.9 Å². The highest BCUT2D eigenvalue weighted by atomic mass is 16.1. The Morgan fingerprint density at radius 3 is 1.85 bits per heavy atom. The highest BCUT2D eigenvalue weighted by molar-refractivity contribution is 6.48. The van der Waals surface area contributed by atoms with E-state index in [0.29, 0.717) is 0 Å². The molecule has 0 unspecified atom stereocenters. The Balaban J connectivity index is 0.000000424. The normalized spacial score (nSPS) is 9.69. The molecule has 0 aromatic heterocycles. The molecule has 0 saturated heterocycles. The lowest BCUT2D eigenvalue weighted by atomic mass is 9.67. The number of benzene rings is 1. The van der Waals surface area contributed by atoms with Crippen LogP contribution in [0.2, 0.25) is 0 Å². The summed E-state index contributed by atoms with van der Waals surface area (Å²) in [5, 5.41) is -0.207. The van der Waals surface area contributed by atoms with Gasteiger partial charge in [0.05, 0.1) is 14.0 Å². The predicted molar refractivity (Wildman–Crippen MR) is 57.7 cm³/mol. The molecular formula is C10H12B2O. The molecule has 0 spiro atoms. The number of carbonyl (C=O) groups is 1. The van der Waals surface area contributed by atoms with E-state index in [4.69, 9.17) is 12.6 Å². The lowest BCUT2D eigenvalue weighted by Crippen LogP contribution is -2.15. The van der Waals surface area contributed by atoms with Crippen molar-refractivity contribution in [1.82, 2.24) is 0 Å². The van der Waals surface area contributed by atoms with Gasteiger partial charge in [0.15, 0.2) is 7.85 Å². The van der Waals surface area contributed by atoms with E-state index < -0.39 is 0 Å². The van der Waals surface area contributed by atoms with E-state index in [1.807, 2.05) is 44.2 Å². The lowest BCUT2D eigenvalue weighted by Gasteiger charge is -2.18. The Morgan fingerprint density at radius 2 is 1.62 bits per heavy atom. The van der Waals surface area contributed by atoms with Gasteiger partial charge in [-0.25, -0.2) is 0 Å². The van der Waals surface area contributed by atoms with Crippen molar-refractivity contribution in [3.63, 3.8) is 0 Å². The van der Waals surface area contributed by atoms with Gasteiger partial charge in [0, 0.05) is 0 Å². The van der Waals surface area contributed by atoms with E-state index >= 15 is 0 Å². The quantitative estimate of drug-likeness (QED) is 0.460. The first-order valence-corrected chi connectivity index (χ1v) is 4.02. The fourth-order valence-corrected chi connectivity index (χ4v) is 0.868. The standard InChI is InChI=1S/C9H11B.CHBO/c1-9(2,10)8-6-4-3-5-7-8;2-1-3/h3-7H,1-2H3;1H. The topological polar surface area (TPSA) is 17.1 Å². The number of hydrogen-bond donors (Lipinski definition) is 0. The van der Waals surface area contributed by atoms with Crippen LogP contribution in [0.15, 0.2) is 30.3 Å². The van der Waals surface area contributed by atoms with Crippen molar-refractivity contribution in [2.75, 3.05) is 0 Å². The van der Waals surface area contributed by atoms with Crippen molar-refractivity contribution in [3.05, 3.63) is 35.9 Å². The summed E-state index contributed by atoms with van der Waals surface area (Å²) >= 11 is 0. The van der Waals surface area contributed by atoms with Crippen LogP contribution in [0.25, 0.3) is 0 Å². The molecule has 64 valence electrons. The van der Waals surface area contributed by atoms with Crippen LogP contribution in [0.3, 0.4) is 0 Å². The van der Waals surface area contributed by atoms with E-state index in [-0.39, 0.29) is 11.5 Å². The Labute approximate surface area is 82.4 Å². The van der Waals surface area contributed by atoms with Gasteiger partial charge in [-0.15, -0.1) is 0 Å². The van der Waals surface area contributed by atoms with Crippen LogP contribution in [0.1, 0.15) is 19.4 Å². The van der Waals surface area contributed by atoms with Gasteiger partial charge >= 0.3 is 0 Å². The summed E-state index contributed by atoms with van der Waals surface area (Å²) in [4.78, 5) is 8.58. The van der Waals surface area contributed by atoms with E-state index in [2.05, 4.69) is 7.85 Å². The van der Waals surface area contributed by atoms with Crippen LogP contribution in [-0.4, -0.2) is 21.9 Å². The zero-order valence-corrected chi connectivity index (χ0v) is 8.03. The minimum absolute atomic E-state index is 0.207. The highest BCUT2D eigenvalue weighted by Crippen LogP contribution is 2.17. The van der Waals surface area contributed by atoms with Gasteiger partial charge in [-0.1, -0.05) is 49.7 Å². The average Bonchev–Trinajstić information content (AvgIpc) is 2.06. The zero-order chi connectivity index (χ0) is 10.3.